The molecule has 15 heavy (non-hydrogen) atoms. The predicted octanol–water partition coefficient (Wildman–Crippen LogP) is 1.25. The number of anilines is 1. The Morgan fingerprint density at radius 3 is 2.93 bits per heavy atom. The smallest absolute Gasteiger partial charge is 0.139 e. The Morgan fingerprint density at radius 1 is 1.40 bits per heavy atom. The number of pyridine rings is 1. The van der Waals surface area contributed by atoms with Crippen LogP contribution in [0, 0.1) is 0 Å². The lowest BCUT2D eigenvalue weighted by Gasteiger charge is -2.04. The highest BCUT2D eigenvalue weighted by Gasteiger charge is 2.00. The summed E-state index contributed by atoms with van der Waals surface area (Å²) in [6, 6.07) is 1.86. The fraction of sp³-hybridized carbons (Fsp3) is 0.200. The molecule has 5 heteroatoms. The second-order valence-electron chi connectivity index (χ2n) is 3.03. The molecule has 5 nitrogen and oxygen atoms in total. The maximum absolute atomic E-state index is 5.58. The Bertz CT molecular complexity index is 452. The van der Waals surface area contributed by atoms with E-state index in [0.29, 0.717) is 12.3 Å². The van der Waals surface area contributed by atoms with Gasteiger partial charge >= 0.3 is 0 Å². The number of nitrogen functional groups attached to an aromatic ring is 1. The number of nitrogens with zero attached hydrogens (tertiary/aromatic N) is 3. The molecule has 2 rings (SSSR count). The third-order valence-electron chi connectivity index (χ3n) is 1.88. The van der Waals surface area contributed by atoms with E-state index < -0.39 is 0 Å². The van der Waals surface area contributed by atoms with Gasteiger partial charge in [-0.25, -0.2) is 4.68 Å². The normalized spacial score (nSPS) is 10.2. The summed E-state index contributed by atoms with van der Waals surface area (Å²) in [4.78, 5) is 4.06. The molecular weight excluding hydrogens is 192 g/mol. The molecule has 0 aliphatic heterocycles. The van der Waals surface area contributed by atoms with Gasteiger partial charge in [-0.15, -0.1) is 0 Å². The van der Waals surface area contributed by atoms with Crippen molar-refractivity contribution in [1.29, 1.82) is 0 Å². The number of hydrogen-bond donors (Lipinski definition) is 1. The van der Waals surface area contributed by atoms with Gasteiger partial charge in [0.2, 0.25) is 0 Å². The van der Waals surface area contributed by atoms with Gasteiger partial charge < -0.3 is 10.5 Å². The molecule has 0 unspecified atom stereocenters. The summed E-state index contributed by atoms with van der Waals surface area (Å²) < 4.78 is 7.00. The lowest BCUT2D eigenvalue weighted by Crippen LogP contribution is -1.98. The first-order chi connectivity index (χ1) is 7.29. The molecule has 0 spiro atoms. The van der Waals surface area contributed by atoms with Crippen molar-refractivity contribution < 1.29 is 4.74 Å². The molecule has 0 saturated carbocycles. The third-order valence-corrected chi connectivity index (χ3v) is 1.88. The number of rotatable bonds is 3. The van der Waals surface area contributed by atoms with Gasteiger partial charge in [-0.05, 0) is 6.92 Å². The SMILES string of the molecule is CCOc1cncc(-n2cc(N)cn2)c1. The van der Waals surface area contributed by atoms with Crippen LogP contribution in [0.5, 0.6) is 5.75 Å². The standard InChI is InChI=1S/C10H12N4O/c1-2-15-10-3-9(5-12-6-10)14-7-8(11)4-13-14/h3-7H,2,11H2,1H3. The van der Waals surface area contributed by atoms with Gasteiger partial charge in [0.15, 0.2) is 0 Å². The summed E-state index contributed by atoms with van der Waals surface area (Å²) in [6.45, 7) is 2.55. The molecular formula is C10H12N4O. The van der Waals surface area contributed by atoms with Crippen LogP contribution in [-0.2, 0) is 0 Å². The third kappa shape index (κ3) is 2.07. The molecule has 0 amide bonds. The zero-order valence-corrected chi connectivity index (χ0v) is 8.42. The van der Waals surface area contributed by atoms with Crippen molar-refractivity contribution in [3.05, 3.63) is 30.9 Å². The Hall–Kier alpha value is -2.04. The Morgan fingerprint density at radius 2 is 2.27 bits per heavy atom. The minimum Gasteiger partial charge on any atom is -0.492 e. The van der Waals surface area contributed by atoms with Crippen LogP contribution in [0.25, 0.3) is 5.69 Å². The van der Waals surface area contributed by atoms with Gasteiger partial charge in [-0.3, -0.25) is 4.98 Å². The quantitative estimate of drug-likeness (QED) is 0.817. The van der Waals surface area contributed by atoms with E-state index in [9.17, 15) is 0 Å². The molecule has 2 aromatic rings. The van der Waals surface area contributed by atoms with Gasteiger partial charge in [0.25, 0.3) is 0 Å². The molecule has 0 aliphatic carbocycles. The lowest BCUT2D eigenvalue weighted by molar-refractivity contribution is 0.338. The van der Waals surface area contributed by atoms with Crippen molar-refractivity contribution in [1.82, 2.24) is 14.8 Å². The summed E-state index contributed by atoms with van der Waals surface area (Å²) in [6.07, 6.45) is 6.69. The fourth-order valence-electron chi connectivity index (χ4n) is 1.26. The molecule has 2 aromatic heterocycles. The van der Waals surface area contributed by atoms with Crippen LogP contribution in [0.3, 0.4) is 0 Å². The van der Waals surface area contributed by atoms with Crippen LogP contribution in [0.15, 0.2) is 30.9 Å². The summed E-state index contributed by atoms with van der Waals surface area (Å²) in [5.41, 5.74) is 7.03. The van der Waals surface area contributed by atoms with E-state index in [1.54, 1.807) is 29.5 Å². The maximum atomic E-state index is 5.58. The maximum Gasteiger partial charge on any atom is 0.139 e. The van der Waals surface area contributed by atoms with Gasteiger partial charge in [-0.1, -0.05) is 0 Å². The van der Waals surface area contributed by atoms with E-state index in [1.807, 2.05) is 13.0 Å². The minimum atomic E-state index is 0.617. The largest absolute Gasteiger partial charge is 0.492 e. The summed E-state index contributed by atoms with van der Waals surface area (Å²) in [5.74, 6) is 0.726. The molecule has 2 N–H and O–H groups in total. The zero-order chi connectivity index (χ0) is 10.7. The Kier molecular flexibility index (Phi) is 2.53. The molecule has 0 aromatic carbocycles. The van der Waals surface area contributed by atoms with Crippen molar-refractivity contribution in [3.63, 3.8) is 0 Å². The van der Waals surface area contributed by atoms with E-state index in [4.69, 9.17) is 10.5 Å². The molecule has 0 fully saturated rings. The molecule has 0 radical (unpaired) electrons. The average Bonchev–Trinajstić information content (AvgIpc) is 2.66. The van der Waals surface area contributed by atoms with Crippen LogP contribution >= 0.6 is 0 Å². The van der Waals surface area contributed by atoms with Crippen LogP contribution in [0.4, 0.5) is 5.69 Å². The fourth-order valence-corrected chi connectivity index (χ4v) is 1.26. The zero-order valence-electron chi connectivity index (χ0n) is 8.42. The van der Waals surface area contributed by atoms with Gasteiger partial charge in [-0.2, -0.15) is 5.10 Å². The average molecular weight is 204 g/mol. The minimum absolute atomic E-state index is 0.617. The number of ether oxygens (including phenoxy) is 1. The van der Waals surface area contributed by atoms with E-state index in [2.05, 4.69) is 10.1 Å². The first kappa shape index (κ1) is 9.51. The highest BCUT2D eigenvalue weighted by Crippen LogP contribution is 2.15. The molecule has 0 bridgehead atoms. The van der Waals surface area contributed by atoms with E-state index in [-0.39, 0.29) is 0 Å². The predicted molar refractivity (Wildman–Crippen MR) is 56.9 cm³/mol. The topological polar surface area (TPSA) is 66.0 Å². The molecule has 0 atom stereocenters. The molecule has 0 saturated heterocycles. The van der Waals surface area contributed by atoms with E-state index in [1.165, 1.54) is 0 Å². The first-order valence-electron chi connectivity index (χ1n) is 4.68. The van der Waals surface area contributed by atoms with E-state index in [0.717, 1.165) is 11.4 Å². The monoisotopic (exact) mass is 204 g/mol. The van der Waals surface area contributed by atoms with Crippen LogP contribution < -0.4 is 10.5 Å². The van der Waals surface area contributed by atoms with Crippen LogP contribution in [0.1, 0.15) is 6.92 Å². The Labute approximate surface area is 87.5 Å². The van der Waals surface area contributed by atoms with Gasteiger partial charge in [0, 0.05) is 6.07 Å². The molecule has 2 heterocycles. The van der Waals surface area contributed by atoms with Crippen LogP contribution in [0.2, 0.25) is 0 Å². The summed E-state index contributed by atoms with van der Waals surface area (Å²) >= 11 is 0. The highest BCUT2D eigenvalue weighted by atomic mass is 16.5. The van der Waals surface area contributed by atoms with Gasteiger partial charge in [0.05, 0.1) is 42.8 Å². The second-order valence-corrected chi connectivity index (χ2v) is 3.03. The Balaban J connectivity index is 2.32. The van der Waals surface area contributed by atoms with Crippen molar-refractivity contribution >= 4 is 5.69 Å². The molecule has 0 aliphatic rings. The van der Waals surface area contributed by atoms with Crippen molar-refractivity contribution in [2.24, 2.45) is 0 Å². The molecule has 78 valence electrons. The summed E-state index contributed by atoms with van der Waals surface area (Å²) in [7, 11) is 0. The van der Waals surface area contributed by atoms with Crippen molar-refractivity contribution in [3.8, 4) is 11.4 Å². The second kappa shape index (κ2) is 4.00. The van der Waals surface area contributed by atoms with Gasteiger partial charge in [0.1, 0.15) is 5.75 Å². The van der Waals surface area contributed by atoms with E-state index >= 15 is 0 Å². The number of hydrogen-bond acceptors (Lipinski definition) is 4. The lowest BCUT2D eigenvalue weighted by atomic mass is 10.4. The van der Waals surface area contributed by atoms with Crippen molar-refractivity contribution in [2.75, 3.05) is 12.3 Å². The highest BCUT2D eigenvalue weighted by molar-refractivity contribution is 5.39. The number of aromatic nitrogens is 3. The van der Waals surface area contributed by atoms with Crippen LogP contribution in [-0.4, -0.2) is 21.4 Å². The van der Waals surface area contributed by atoms with Crippen molar-refractivity contribution in [2.45, 2.75) is 6.92 Å². The summed E-state index contributed by atoms with van der Waals surface area (Å²) in [5, 5.41) is 4.08. The number of nitrogens with two attached hydrogens (primary N) is 1. The first-order valence-corrected chi connectivity index (χ1v) is 4.68.